The number of carbonyl (C=O) groups excluding carboxylic acids is 1. The van der Waals surface area contributed by atoms with E-state index in [2.05, 4.69) is 11.0 Å². The van der Waals surface area contributed by atoms with E-state index in [0.717, 1.165) is 54.9 Å². The van der Waals surface area contributed by atoms with Crippen LogP contribution in [0.4, 0.5) is 5.69 Å². The summed E-state index contributed by atoms with van der Waals surface area (Å²) in [6.45, 7) is 0.640. The number of carboxylic acids is 1. The first-order valence-corrected chi connectivity index (χ1v) is 14.8. The zero-order chi connectivity index (χ0) is 28.1. The molecule has 8 nitrogen and oxygen atoms in total. The number of hydrogen-bond acceptors (Lipinski definition) is 6. The Morgan fingerprint density at radius 3 is 2.41 bits per heavy atom. The van der Waals surface area contributed by atoms with Crippen molar-refractivity contribution in [2.24, 2.45) is 22.6 Å². The third-order valence-corrected chi connectivity index (χ3v) is 9.14. The van der Waals surface area contributed by atoms with Gasteiger partial charge in [0, 0.05) is 37.7 Å². The predicted octanol–water partition coefficient (Wildman–Crippen LogP) is 6.18. The van der Waals surface area contributed by atoms with Crippen LogP contribution in [0.15, 0.2) is 53.5 Å². The topological polar surface area (TPSA) is 108 Å². The highest BCUT2D eigenvalue weighted by Gasteiger charge is 2.34. The maximum absolute atomic E-state index is 13.3. The molecule has 1 aliphatic heterocycles. The number of aliphatic imine (C=N–C) groups is 1. The van der Waals surface area contributed by atoms with Crippen molar-refractivity contribution in [1.82, 2.24) is 9.80 Å². The third-order valence-electron chi connectivity index (χ3n) is 9.14. The molecule has 0 radical (unpaired) electrons. The second-order valence-electron chi connectivity index (χ2n) is 11.7. The highest BCUT2D eigenvalue weighted by atomic mass is 32.1. The lowest BCUT2D eigenvalue weighted by atomic mass is 9.81. The summed E-state index contributed by atoms with van der Waals surface area (Å²) in [7, 11) is 1.88. The zero-order valence-electron chi connectivity index (χ0n) is 24.0. The number of ether oxygens (including phenoxy) is 1. The number of hydrogen-bond donors (Lipinski definition) is 2. The van der Waals surface area contributed by atoms with Crippen LogP contribution in [-0.2, 0) is 16.1 Å². The molecule has 0 aromatic heterocycles. The van der Waals surface area contributed by atoms with E-state index in [4.69, 9.17) is 15.5 Å². The van der Waals surface area contributed by atoms with Crippen molar-refractivity contribution in [3.8, 4) is 11.5 Å². The van der Waals surface area contributed by atoms with Crippen molar-refractivity contribution in [3.05, 3.63) is 54.1 Å². The highest BCUT2D eigenvalue weighted by molar-refractivity contribution is 7.59. The number of rotatable bonds is 9. The summed E-state index contributed by atoms with van der Waals surface area (Å²) in [6.07, 6.45) is 9.91. The zero-order valence-corrected chi connectivity index (χ0v) is 25.0. The van der Waals surface area contributed by atoms with Gasteiger partial charge in [-0.3, -0.25) is 9.59 Å². The first kappa shape index (κ1) is 30.8. The maximum Gasteiger partial charge on any atom is 0.306 e. The van der Waals surface area contributed by atoms with Gasteiger partial charge in [0.1, 0.15) is 11.5 Å². The van der Waals surface area contributed by atoms with Gasteiger partial charge < -0.3 is 25.4 Å². The fourth-order valence-electron chi connectivity index (χ4n) is 6.75. The SMILES string of the molecule is CN(C(=O)CC[C@@H](C1CCCCC1)N1Cc2cc(Oc3ccccc3)ccc2N=C1N)C1CCC(C(=O)O)CC1.S. The lowest BCUT2D eigenvalue weighted by Crippen LogP contribution is -2.49. The molecular formula is C32H44N4O4S. The third kappa shape index (κ3) is 7.56. The Balaban J connectivity index is 0.00000387. The van der Waals surface area contributed by atoms with Gasteiger partial charge in [-0.25, -0.2) is 4.99 Å². The first-order chi connectivity index (χ1) is 19.4. The van der Waals surface area contributed by atoms with E-state index in [-0.39, 0.29) is 37.4 Å². The molecule has 3 aliphatic rings. The number of nitrogens with two attached hydrogens (primary N) is 1. The summed E-state index contributed by atoms with van der Waals surface area (Å²) in [5.41, 5.74) is 8.52. The Bertz CT molecular complexity index is 1210. The minimum Gasteiger partial charge on any atom is -0.481 e. The van der Waals surface area contributed by atoms with Gasteiger partial charge in [-0.05, 0) is 81.2 Å². The summed E-state index contributed by atoms with van der Waals surface area (Å²) in [5.74, 6) is 1.68. The molecule has 1 heterocycles. The summed E-state index contributed by atoms with van der Waals surface area (Å²) in [4.78, 5) is 33.5. The van der Waals surface area contributed by atoms with E-state index < -0.39 is 5.97 Å². The fraction of sp³-hybridized carbons (Fsp3) is 0.531. The van der Waals surface area contributed by atoms with Gasteiger partial charge in [-0.1, -0.05) is 37.5 Å². The van der Waals surface area contributed by atoms with Crippen LogP contribution in [0.25, 0.3) is 0 Å². The van der Waals surface area contributed by atoms with Crippen molar-refractivity contribution in [2.45, 2.75) is 89.3 Å². The van der Waals surface area contributed by atoms with Crippen LogP contribution in [0.3, 0.4) is 0 Å². The van der Waals surface area contributed by atoms with Crippen molar-refractivity contribution in [3.63, 3.8) is 0 Å². The summed E-state index contributed by atoms with van der Waals surface area (Å²) in [5, 5.41) is 9.32. The minimum atomic E-state index is -0.719. The van der Waals surface area contributed by atoms with Crippen LogP contribution in [0.1, 0.15) is 76.2 Å². The van der Waals surface area contributed by atoms with Gasteiger partial charge >= 0.3 is 5.97 Å². The molecule has 2 aromatic rings. The van der Waals surface area contributed by atoms with Crippen molar-refractivity contribution in [1.29, 1.82) is 0 Å². The van der Waals surface area contributed by atoms with Crippen LogP contribution >= 0.6 is 13.5 Å². The molecule has 0 spiro atoms. The second-order valence-corrected chi connectivity index (χ2v) is 11.7. The van der Waals surface area contributed by atoms with Gasteiger partial charge in [0.25, 0.3) is 0 Å². The van der Waals surface area contributed by atoms with Gasteiger partial charge in [-0.2, -0.15) is 13.5 Å². The highest BCUT2D eigenvalue weighted by Crippen LogP contribution is 2.37. The number of benzene rings is 2. The lowest BCUT2D eigenvalue weighted by molar-refractivity contribution is -0.143. The van der Waals surface area contributed by atoms with Crippen LogP contribution < -0.4 is 10.5 Å². The molecule has 5 rings (SSSR count). The lowest BCUT2D eigenvalue weighted by Gasteiger charge is -2.41. The molecule has 41 heavy (non-hydrogen) atoms. The number of fused-ring (bicyclic) bond motifs is 1. The smallest absolute Gasteiger partial charge is 0.306 e. The second kappa shape index (κ2) is 14.1. The number of aliphatic carboxylic acids is 1. The number of carboxylic acid groups (broad SMARTS) is 1. The van der Waals surface area contributed by atoms with E-state index >= 15 is 0 Å². The average molecular weight is 581 g/mol. The molecule has 3 N–H and O–H groups in total. The number of amides is 1. The first-order valence-electron chi connectivity index (χ1n) is 14.8. The summed E-state index contributed by atoms with van der Waals surface area (Å²) in [6, 6.07) is 15.9. The number of nitrogens with zero attached hydrogens (tertiary/aromatic N) is 3. The summed E-state index contributed by atoms with van der Waals surface area (Å²) < 4.78 is 6.08. The Morgan fingerprint density at radius 1 is 1.02 bits per heavy atom. The molecule has 9 heteroatoms. The molecule has 1 amide bonds. The molecule has 2 aliphatic carbocycles. The number of carbonyl (C=O) groups is 2. The number of guanidine groups is 1. The van der Waals surface area contributed by atoms with Crippen LogP contribution in [0, 0.1) is 11.8 Å². The van der Waals surface area contributed by atoms with E-state index in [1.165, 1.54) is 19.3 Å². The average Bonchev–Trinajstić information content (AvgIpc) is 2.98. The van der Waals surface area contributed by atoms with Crippen molar-refractivity contribution < 1.29 is 19.4 Å². The molecule has 1 atom stereocenters. The molecule has 0 unspecified atom stereocenters. The van der Waals surface area contributed by atoms with Gasteiger partial charge in [0.2, 0.25) is 5.91 Å². The molecule has 0 bridgehead atoms. The van der Waals surface area contributed by atoms with E-state index in [1.807, 2.05) is 54.4 Å². The molecule has 222 valence electrons. The Kier molecular flexibility index (Phi) is 10.6. The fourth-order valence-corrected chi connectivity index (χ4v) is 6.75. The quantitative estimate of drug-likeness (QED) is 0.366. The van der Waals surface area contributed by atoms with Gasteiger partial charge in [0.05, 0.1) is 11.6 Å². The molecular weight excluding hydrogens is 536 g/mol. The molecule has 2 saturated carbocycles. The molecule has 0 saturated heterocycles. The number of para-hydroxylation sites is 1. The van der Waals surface area contributed by atoms with E-state index in [1.54, 1.807) is 0 Å². The Labute approximate surface area is 250 Å². The standard InChI is InChI=1S/C32H42N4O4.H2S/c1-35(25-14-12-23(13-15-25)31(38)39)30(37)19-18-29(22-8-4-2-5-9-22)36-21-24-20-27(16-17-28(24)34-32(36)33)40-26-10-6-3-7-11-26;/h3,6-7,10-11,16-17,20,22-23,25,29H,2,4-5,8-9,12-15,18-19,21H2,1H3,(H2,33,34)(H,38,39);1H2/t23?,25?,29-;/m0./s1. The van der Waals surface area contributed by atoms with Crippen molar-refractivity contribution in [2.75, 3.05) is 7.05 Å². The predicted molar refractivity (Wildman–Crippen MR) is 166 cm³/mol. The minimum absolute atomic E-state index is 0. The van der Waals surface area contributed by atoms with Crippen LogP contribution in [0.5, 0.6) is 11.5 Å². The Hall–Kier alpha value is -3.20. The van der Waals surface area contributed by atoms with E-state index in [0.29, 0.717) is 37.7 Å². The molecule has 2 fully saturated rings. The largest absolute Gasteiger partial charge is 0.481 e. The Morgan fingerprint density at radius 2 is 1.73 bits per heavy atom. The van der Waals surface area contributed by atoms with Crippen molar-refractivity contribution >= 4 is 37.0 Å². The normalized spacial score (nSPS) is 21.6. The maximum atomic E-state index is 13.3. The van der Waals surface area contributed by atoms with Crippen LogP contribution in [0.2, 0.25) is 0 Å². The summed E-state index contributed by atoms with van der Waals surface area (Å²) >= 11 is 0. The van der Waals surface area contributed by atoms with Gasteiger partial charge in [0.15, 0.2) is 5.96 Å². The van der Waals surface area contributed by atoms with Gasteiger partial charge in [-0.15, -0.1) is 0 Å². The van der Waals surface area contributed by atoms with Crippen LogP contribution in [-0.4, -0.2) is 51.9 Å². The molecule has 2 aromatic carbocycles. The monoisotopic (exact) mass is 580 g/mol. The van der Waals surface area contributed by atoms with E-state index in [9.17, 15) is 14.7 Å².